The van der Waals surface area contributed by atoms with E-state index in [1.54, 1.807) is 6.20 Å². The van der Waals surface area contributed by atoms with Gasteiger partial charge >= 0.3 is 0 Å². The smallest absolute Gasteiger partial charge is 0.130 e. The number of anilines is 2. The van der Waals surface area contributed by atoms with E-state index >= 15 is 0 Å². The molecule has 0 radical (unpaired) electrons. The molecule has 3 aromatic rings. The molecular formula is C15H13N3. The first kappa shape index (κ1) is 10.7. The summed E-state index contributed by atoms with van der Waals surface area (Å²) in [5.74, 6) is 0.856. The van der Waals surface area contributed by atoms with Crippen LogP contribution < -0.4 is 5.32 Å². The molecule has 0 saturated heterocycles. The lowest BCUT2D eigenvalue weighted by atomic mass is 10.1. The second-order valence-electron chi connectivity index (χ2n) is 4.28. The van der Waals surface area contributed by atoms with Crippen molar-refractivity contribution in [3.05, 3.63) is 60.6 Å². The molecule has 1 N–H and O–H groups in total. The molecule has 3 heteroatoms. The van der Waals surface area contributed by atoms with Crippen LogP contribution in [0.25, 0.3) is 10.8 Å². The van der Waals surface area contributed by atoms with Gasteiger partial charge in [0.05, 0.1) is 0 Å². The monoisotopic (exact) mass is 235 g/mol. The van der Waals surface area contributed by atoms with Gasteiger partial charge in [-0.2, -0.15) is 0 Å². The van der Waals surface area contributed by atoms with E-state index in [0.717, 1.165) is 22.5 Å². The van der Waals surface area contributed by atoms with Crippen LogP contribution in [0.1, 0.15) is 5.56 Å². The van der Waals surface area contributed by atoms with Gasteiger partial charge < -0.3 is 5.32 Å². The number of pyridine rings is 2. The van der Waals surface area contributed by atoms with E-state index in [1.165, 1.54) is 5.39 Å². The van der Waals surface area contributed by atoms with Gasteiger partial charge in [0.1, 0.15) is 5.82 Å². The van der Waals surface area contributed by atoms with Crippen molar-refractivity contribution in [2.24, 2.45) is 0 Å². The van der Waals surface area contributed by atoms with E-state index in [4.69, 9.17) is 0 Å². The van der Waals surface area contributed by atoms with Crippen LogP contribution in [-0.2, 0) is 0 Å². The van der Waals surface area contributed by atoms with Crippen LogP contribution >= 0.6 is 0 Å². The number of rotatable bonds is 2. The van der Waals surface area contributed by atoms with Crippen LogP contribution in [0.2, 0.25) is 0 Å². The molecule has 18 heavy (non-hydrogen) atoms. The number of hydrogen-bond donors (Lipinski definition) is 1. The Bertz CT molecular complexity index is 675. The van der Waals surface area contributed by atoms with Gasteiger partial charge in [0.15, 0.2) is 0 Å². The summed E-state index contributed by atoms with van der Waals surface area (Å²) in [7, 11) is 0. The lowest BCUT2D eigenvalue weighted by molar-refractivity contribution is 1.26. The zero-order valence-corrected chi connectivity index (χ0v) is 10.1. The summed E-state index contributed by atoms with van der Waals surface area (Å²) in [5, 5.41) is 5.60. The minimum absolute atomic E-state index is 0.856. The van der Waals surface area contributed by atoms with Gasteiger partial charge in [0.2, 0.25) is 0 Å². The number of nitrogens with zero attached hydrogens (tertiary/aromatic N) is 2. The van der Waals surface area contributed by atoms with E-state index in [-0.39, 0.29) is 0 Å². The second-order valence-corrected chi connectivity index (χ2v) is 4.28. The minimum atomic E-state index is 0.856. The highest BCUT2D eigenvalue weighted by atomic mass is 15.0. The Morgan fingerprint density at radius 2 is 1.89 bits per heavy atom. The molecule has 0 bridgehead atoms. The van der Waals surface area contributed by atoms with Crippen molar-refractivity contribution in [3.8, 4) is 0 Å². The second kappa shape index (κ2) is 4.45. The fourth-order valence-electron chi connectivity index (χ4n) is 1.85. The summed E-state index contributed by atoms with van der Waals surface area (Å²) in [5.41, 5.74) is 2.19. The molecule has 3 rings (SSSR count). The number of benzene rings is 1. The van der Waals surface area contributed by atoms with Crippen molar-refractivity contribution >= 4 is 22.3 Å². The van der Waals surface area contributed by atoms with Gasteiger partial charge in [-0.05, 0) is 42.1 Å². The summed E-state index contributed by atoms with van der Waals surface area (Å²) in [4.78, 5) is 8.43. The first-order valence-corrected chi connectivity index (χ1v) is 5.85. The van der Waals surface area contributed by atoms with Gasteiger partial charge in [-0.25, -0.2) is 4.98 Å². The molecule has 0 saturated carbocycles. The molecule has 3 nitrogen and oxygen atoms in total. The molecule has 0 aliphatic carbocycles. The number of nitrogens with one attached hydrogen (secondary N) is 1. The lowest BCUT2D eigenvalue weighted by Gasteiger charge is -2.06. The summed E-state index contributed by atoms with van der Waals surface area (Å²) in [6, 6.07) is 12.2. The highest BCUT2D eigenvalue weighted by Gasteiger charge is 1.98. The van der Waals surface area contributed by atoms with Gasteiger partial charge in [0, 0.05) is 29.7 Å². The van der Waals surface area contributed by atoms with Crippen LogP contribution in [0.4, 0.5) is 11.5 Å². The lowest BCUT2D eigenvalue weighted by Crippen LogP contribution is -1.93. The Hall–Kier alpha value is -2.42. The summed E-state index contributed by atoms with van der Waals surface area (Å²) in [6.45, 7) is 2.03. The molecule has 0 spiro atoms. The van der Waals surface area contributed by atoms with Gasteiger partial charge in [0.25, 0.3) is 0 Å². The van der Waals surface area contributed by atoms with Crippen molar-refractivity contribution in [1.29, 1.82) is 0 Å². The third kappa shape index (κ3) is 2.15. The number of aromatic nitrogens is 2. The Balaban J connectivity index is 1.92. The normalized spacial score (nSPS) is 10.5. The molecule has 0 fully saturated rings. The van der Waals surface area contributed by atoms with Gasteiger partial charge in [-0.1, -0.05) is 12.1 Å². The predicted molar refractivity (Wildman–Crippen MR) is 74.0 cm³/mol. The average molecular weight is 235 g/mol. The number of fused-ring (bicyclic) bond motifs is 1. The Morgan fingerprint density at radius 1 is 0.944 bits per heavy atom. The molecule has 0 atom stereocenters. The maximum Gasteiger partial charge on any atom is 0.130 e. The number of aryl methyl sites for hydroxylation is 1. The third-order valence-electron chi connectivity index (χ3n) is 2.82. The largest absolute Gasteiger partial charge is 0.340 e. The SMILES string of the molecule is Cc1ccc(Nc2ccc3cnccc3c2)nc1. The van der Waals surface area contributed by atoms with E-state index in [0.29, 0.717) is 0 Å². The zero-order chi connectivity index (χ0) is 12.4. The molecular weight excluding hydrogens is 222 g/mol. The highest BCUT2D eigenvalue weighted by molar-refractivity contribution is 5.85. The maximum atomic E-state index is 4.33. The Kier molecular flexibility index (Phi) is 2.65. The molecule has 2 aromatic heterocycles. The van der Waals surface area contributed by atoms with Crippen molar-refractivity contribution < 1.29 is 0 Å². The van der Waals surface area contributed by atoms with Crippen molar-refractivity contribution in [2.75, 3.05) is 5.32 Å². The molecule has 88 valence electrons. The van der Waals surface area contributed by atoms with Crippen LogP contribution in [-0.4, -0.2) is 9.97 Å². The van der Waals surface area contributed by atoms with Crippen molar-refractivity contribution in [2.45, 2.75) is 6.92 Å². The molecule has 2 heterocycles. The molecule has 0 aliphatic heterocycles. The van der Waals surface area contributed by atoms with Crippen molar-refractivity contribution in [1.82, 2.24) is 9.97 Å². The Morgan fingerprint density at radius 3 is 2.72 bits per heavy atom. The zero-order valence-electron chi connectivity index (χ0n) is 10.1. The molecule has 1 aromatic carbocycles. The van der Waals surface area contributed by atoms with Gasteiger partial charge in [-0.15, -0.1) is 0 Å². The highest BCUT2D eigenvalue weighted by Crippen LogP contribution is 2.20. The molecule has 0 amide bonds. The topological polar surface area (TPSA) is 37.8 Å². The van der Waals surface area contributed by atoms with E-state index in [9.17, 15) is 0 Å². The third-order valence-corrected chi connectivity index (χ3v) is 2.82. The van der Waals surface area contributed by atoms with Crippen molar-refractivity contribution in [3.63, 3.8) is 0 Å². The first-order chi connectivity index (χ1) is 8.81. The van der Waals surface area contributed by atoms with Crippen LogP contribution in [0.5, 0.6) is 0 Å². The summed E-state index contributed by atoms with van der Waals surface area (Å²) >= 11 is 0. The fraction of sp³-hybridized carbons (Fsp3) is 0.0667. The molecule has 0 aliphatic rings. The maximum absolute atomic E-state index is 4.33. The van der Waals surface area contributed by atoms with Crippen LogP contribution in [0.3, 0.4) is 0 Å². The van der Waals surface area contributed by atoms with E-state index < -0.39 is 0 Å². The first-order valence-electron chi connectivity index (χ1n) is 5.85. The quantitative estimate of drug-likeness (QED) is 0.736. The standard InChI is InChI=1S/C15H13N3/c1-11-2-5-15(17-9-11)18-14-4-3-13-10-16-7-6-12(13)8-14/h2-10H,1H3,(H,17,18). The van der Waals surface area contributed by atoms with Crippen LogP contribution in [0, 0.1) is 6.92 Å². The van der Waals surface area contributed by atoms with Crippen LogP contribution in [0.15, 0.2) is 55.0 Å². The molecule has 0 unspecified atom stereocenters. The van der Waals surface area contributed by atoms with E-state index in [2.05, 4.69) is 27.4 Å². The summed E-state index contributed by atoms with van der Waals surface area (Å²) in [6.07, 6.45) is 5.52. The minimum Gasteiger partial charge on any atom is -0.340 e. The predicted octanol–water partition coefficient (Wildman–Crippen LogP) is 3.68. The fourth-order valence-corrected chi connectivity index (χ4v) is 1.85. The van der Waals surface area contributed by atoms with Gasteiger partial charge in [-0.3, -0.25) is 4.98 Å². The average Bonchev–Trinajstić information content (AvgIpc) is 2.41. The summed E-state index contributed by atoms with van der Waals surface area (Å²) < 4.78 is 0. The number of hydrogen-bond acceptors (Lipinski definition) is 3. The van der Waals surface area contributed by atoms with E-state index in [1.807, 2.05) is 43.6 Å². The Labute approximate surface area is 106 Å².